The molecule has 1 N–H and O–H groups in total. The Morgan fingerprint density at radius 1 is 0.786 bits per heavy atom. The lowest BCUT2D eigenvalue weighted by Gasteiger charge is -2.43. The van der Waals surface area contributed by atoms with E-state index in [2.05, 4.69) is 84.7 Å². The normalized spacial score (nSPS) is 25.7. The number of piperidine rings is 1. The van der Waals surface area contributed by atoms with Gasteiger partial charge in [-0.1, -0.05) is 74.5 Å². The van der Waals surface area contributed by atoms with E-state index in [4.69, 9.17) is 0 Å². The van der Waals surface area contributed by atoms with Gasteiger partial charge in [0.1, 0.15) is 0 Å². The van der Waals surface area contributed by atoms with Crippen LogP contribution in [0.25, 0.3) is 0 Å². The van der Waals surface area contributed by atoms with Gasteiger partial charge >= 0.3 is 0 Å². The van der Waals surface area contributed by atoms with Gasteiger partial charge in [0.2, 0.25) is 0 Å². The molecule has 1 saturated heterocycles. The molecule has 1 aliphatic carbocycles. The largest absolute Gasteiger partial charge is 0.303 e. The Bertz CT molecular complexity index is 667. The molecule has 0 radical (unpaired) electrons. The van der Waals surface area contributed by atoms with Crippen molar-refractivity contribution >= 4 is 0 Å². The van der Waals surface area contributed by atoms with Gasteiger partial charge in [-0.2, -0.15) is 0 Å². The van der Waals surface area contributed by atoms with E-state index < -0.39 is 0 Å². The van der Waals surface area contributed by atoms with E-state index in [1.165, 1.54) is 62.7 Å². The summed E-state index contributed by atoms with van der Waals surface area (Å²) in [6, 6.07) is 23.6. The van der Waals surface area contributed by atoms with Crippen LogP contribution in [0.3, 0.4) is 0 Å². The first-order valence-electron chi connectivity index (χ1n) is 11.2. The topological polar surface area (TPSA) is 15.3 Å². The molecule has 0 amide bonds. The third kappa shape index (κ3) is 4.85. The maximum absolute atomic E-state index is 4.01. The summed E-state index contributed by atoms with van der Waals surface area (Å²) in [7, 11) is 0. The molecule has 0 aromatic heterocycles. The summed E-state index contributed by atoms with van der Waals surface area (Å²) in [5.74, 6) is 0. The van der Waals surface area contributed by atoms with Crippen LogP contribution in [0.2, 0.25) is 0 Å². The Balaban J connectivity index is 1.37. The molecule has 2 heteroatoms. The number of rotatable bonds is 5. The fourth-order valence-corrected chi connectivity index (χ4v) is 5.01. The van der Waals surface area contributed by atoms with Crippen LogP contribution in [0.4, 0.5) is 0 Å². The molecule has 28 heavy (non-hydrogen) atoms. The molecule has 1 aliphatic heterocycles. The van der Waals surface area contributed by atoms with E-state index in [9.17, 15) is 0 Å². The zero-order valence-corrected chi connectivity index (χ0v) is 17.6. The molecular formula is C26H36N2. The number of likely N-dealkylation sites (tertiary alicyclic amines) is 1. The Kier molecular flexibility index (Phi) is 6.18. The first-order valence-corrected chi connectivity index (χ1v) is 11.2. The molecule has 0 atom stereocenters. The van der Waals surface area contributed by atoms with Crippen molar-refractivity contribution in [3.8, 4) is 0 Å². The number of benzene rings is 2. The molecule has 2 aliphatic rings. The lowest BCUT2D eigenvalue weighted by atomic mass is 9.80. The van der Waals surface area contributed by atoms with E-state index in [0.717, 1.165) is 6.04 Å². The van der Waals surface area contributed by atoms with E-state index in [1.54, 1.807) is 0 Å². The molecule has 0 unspecified atom stereocenters. The van der Waals surface area contributed by atoms with E-state index in [1.807, 2.05) is 0 Å². The zero-order valence-electron chi connectivity index (χ0n) is 17.6. The van der Waals surface area contributed by atoms with Crippen LogP contribution in [0.1, 0.15) is 69.5 Å². The van der Waals surface area contributed by atoms with Gasteiger partial charge in [0, 0.05) is 12.1 Å². The second kappa shape index (κ2) is 8.80. The molecule has 2 aromatic carbocycles. The van der Waals surface area contributed by atoms with Crippen LogP contribution in [-0.4, -0.2) is 30.1 Å². The molecule has 150 valence electrons. The Hall–Kier alpha value is -1.64. The summed E-state index contributed by atoms with van der Waals surface area (Å²) in [5.41, 5.74) is 3.29. The van der Waals surface area contributed by atoms with Crippen LogP contribution in [-0.2, 0) is 0 Å². The van der Waals surface area contributed by atoms with Gasteiger partial charge in [-0.05, 0) is 68.2 Å². The van der Waals surface area contributed by atoms with Crippen LogP contribution in [0.5, 0.6) is 0 Å². The van der Waals surface area contributed by atoms with Crippen molar-refractivity contribution in [3.05, 3.63) is 71.8 Å². The van der Waals surface area contributed by atoms with Gasteiger partial charge in [0.05, 0.1) is 6.04 Å². The van der Waals surface area contributed by atoms with Gasteiger partial charge in [0.15, 0.2) is 0 Å². The molecule has 2 aromatic rings. The molecule has 1 heterocycles. The second-order valence-electron chi connectivity index (χ2n) is 9.63. The van der Waals surface area contributed by atoms with Crippen LogP contribution in [0, 0.1) is 5.41 Å². The highest BCUT2D eigenvalue weighted by molar-refractivity contribution is 5.31. The maximum atomic E-state index is 4.01. The van der Waals surface area contributed by atoms with E-state index >= 15 is 0 Å². The lowest BCUT2D eigenvalue weighted by Crippen LogP contribution is -2.47. The van der Waals surface area contributed by atoms with Gasteiger partial charge < -0.3 is 10.2 Å². The molecule has 2 nitrogen and oxygen atoms in total. The maximum Gasteiger partial charge on any atom is 0.0578 e. The monoisotopic (exact) mass is 376 g/mol. The summed E-state index contributed by atoms with van der Waals surface area (Å²) >= 11 is 0. The van der Waals surface area contributed by atoms with Crippen molar-refractivity contribution in [1.82, 2.24) is 10.2 Å². The molecule has 0 bridgehead atoms. The number of hydrogen-bond acceptors (Lipinski definition) is 2. The number of hydrogen-bond donors (Lipinski definition) is 1. The fourth-order valence-electron chi connectivity index (χ4n) is 5.01. The molecule has 0 spiro atoms. The fraction of sp³-hybridized carbons (Fsp3) is 0.538. The minimum absolute atomic E-state index is 0.291. The van der Waals surface area contributed by atoms with Gasteiger partial charge in [0.25, 0.3) is 0 Å². The number of nitrogens with zero attached hydrogens (tertiary/aromatic N) is 1. The van der Waals surface area contributed by atoms with Crippen molar-refractivity contribution in [2.24, 2.45) is 5.41 Å². The number of nitrogens with one attached hydrogen (secondary N) is 1. The van der Waals surface area contributed by atoms with Crippen molar-refractivity contribution in [2.45, 2.75) is 70.5 Å². The summed E-state index contributed by atoms with van der Waals surface area (Å²) in [4.78, 5) is 2.79. The van der Waals surface area contributed by atoms with E-state index in [-0.39, 0.29) is 0 Å². The van der Waals surface area contributed by atoms with Gasteiger partial charge in [-0.3, -0.25) is 0 Å². The SMILES string of the molecule is CC1(C)CCN(C2CCC(NC(c3ccccc3)c3ccccc3)CC2)CC1. The zero-order chi connectivity index (χ0) is 19.4. The van der Waals surface area contributed by atoms with Crippen molar-refractivity contribution in [1.29, 1.82) is 0 Å². The Labute approximate surface area is 171 Å². The minimum Gasteiger partial charge on any atom is -0.303 e. The summed E-state index contributed by atoms with van der Waals surface area (Å²) < 4.78 is 0. The second-order valence-corrected chi connectivity index (χ2v) is 9.63. The molecule has 4 rings (SSSR count). The van der Waals surface area contributed by atoms with E-state index in [0.29, 0.717) is 17.5 Å². The summed E-state index contributed by atoms with van der Waals surface area (Å²) in [5, 5.41) is 4.01. The van der Waals surface area contributed by atoms with Gasteiger partial charge in [-0.25, -0.2) is 0 Å². The van der Waals surface area contributed by atoms with Crippen LogP contribution in [0.15, 0.2) is 60.7 Å². The summed E-state index contributed by atoms with van der Waals surface area (Å²) in [6.07, 6.45) is 7.98. The van der Waals surface area contributed by atoms with Gasteiger partial charge in [-0.15, -0.1) is 0 Å². The highest BCUT2D eigenvalue weighted by Gasteiger charge is 2.32. The average Bonchev–Trinajstić information content (AvgIpc) is 2.74. The average molecular weight is 377 g/mol. The standard InChI is InChI=1S/C26H36N2/c1-26(2)17-19-28(20-18-26)24-15-13-23(14-16-24)27-25(21-9-5-3-6-10-21)22-11-7-4-8-12-22/h3-12,23-25,27H,13-20H2,1-2H3. The predicted octanol–water partition coefficient (Wildman–Crippen LogP) is 5.80. The third-order valence-electron chi connectivity index (χ3n) is 7.03. The Morgan fingerprint density at radius 3 is 1.79 bits per heavy atom. The van der Waals surface area contributed by atoms with Crippen LogP contribution < -0.4 is 5.32 Å². The van der Waals surface area contributed by atoms with Crippen molar-refractivity contribution in [3.63, 3.8) is 0 Å². The Morgan fingerprint density at radius 2 is 1.29 bits per heavy atom. The van der Waals surface area contributed by atoms with Crippen molar-refractivity contribution in [2.75, 3.05) is 13.1 Å². The van der Waals surface area contributed by atoms with Crippen LogP contribution >= 0.6 is 0 Å². The summed E-state index contributed by atoms with van der Waals surface area (Å²) in [6.45, 7) is 7.45. The molecular weight excluding hydrogens is 340 g/mol. The molecule has 1 saturated carbocycles. The highest BCUT2D eigenvalue weighted by atomic mass is 15.2. The first kappa shape index (κ1) is 19.7. The lowest BCUT2D eigenvalue weighted by molar-refractivity contribution is 0.0707. The molecule has 2 fully saturated rings. The third-order valence-corrected chi connectivity index (χ3v) is 7.03. The van der Waals surface area contributed by atoms with Crippen molar-refractivity contribution < 1.29 is 0 Å². The highest BCUT2D eigenvalue weighted by Crippen LogP contribution is 2.34. The quantitative estimate of drug-likeness (QED) is 0.709. The minimum atomic E-state index is 0.291. The first-order chi connectivity index (χ1) is 13.6. The predicted molar refractivity (Wildman–Crippen MR) is 118 cm³/mol. The smallest absolute Gasteiger partial charge is 0.0578 e.